The van der Waals surface area contributed by atoms with E-state index in [0.717, 1.165) is 38.8 Å². The number of rotatable bonds is 5. The summed E-state index contributed by atoms with van der Waals surface area (Å²) in [7, 11) is 0. The minimum absolute atomic E-state index is 0.0636. The number of likely N-dealkylation sites (tertiary alicyclic amines) is 1. The molecule has 6 heteroatoms. The molecule has 24 heavy (non-hydrogen) atoms. The fraction of sp³-hybridized carbons (Fsp3) is 0.444. The van der Waals surface area contributed by atoms with Crippen molar-refractivity contribution >= 4 is 17.5 Å². The minimum atomic E-state index is -0.383. The van der Waals surface area contributed by atoms with Gasteiger partial charge in [0.1, 0.15) is 5.82 Å². The minimum Gasteiger partial charge on any atom is -0.339 e. The predicted octanol–water partition coefficient (Wildman–Crippen LogP) is 3.69. The highest BCUT2D eigenvalue weighted by Crippen LogP contribution is 2.23. The highest BCUT2D eigenvalue weighted by Gasteiger charge is 2.26. The zero-order chi connectivity index (χ0) is 16.9. The van der Waals surface area contributed by atoms with Gasteiger partial charge >= 0.3 is 0 Å². The zero-order valence-electron chi connectivity index (χ0n) is 13.5. The molecule has 0 aliphatic carbocycles. The van der Waals surface area contributed by atoms with Gasteiger partial charge in [0.05, 0.1) is 6.42 Å². The number of aryl methyl sites for hydroxylation is 1. The highest BCUT2D eigenvalue weighted by molar-refractivity contribution is 6.31. The summed E-state index contributed by atoms with van der Waals surface area (Å²) in [6.07, 6.45) is 8.01. The molecule has 0 unspecified atom stereocenters. The number of amides is 1. The van der Waals surface area contributed by atoms with Crippen molar-refractivity contribution in [2.75, 3.05) is 6.54 Å². The molecule has 4 nitrogen and oxygen atoms in total. The lowest BCUT2D eigenvalue weighted by Crippen LogP contribution is -2.45. The summed E-state index contributed by atoms with van der Waals surface area (Å²) < 4.78 is 15.0. The van der Waals surface area contributed by atoms with Crippen LogP contribution in [0.3, 0.4) is 0 Å². The van der Waals surface area contributed by atoms with Gasteiger partial charge in [0.25, 0.3) is 0 Å². The van der Waals surface area contributed by atoms with Crippen molar-refractivity contribution in [3.05, 3.63) is 53.1 Å². The summed E-state index contributed by atoms with van der Waals surface area (Å²) in [6, 6.07) is 6.34. The Morgan fingerprint density at radius 3 is 3.00 bits per heavy atom. The molecule has 1 amide bonds. The molecule has 2 aromatic rings. The number of carbonyl (C=O) groups excluding carboxylic acids is 1. The molecule has 1 aliphatic rings. The van der Waals surface area contributed by atoms with E-state index in [1.54, 1.807) is 12.3 Å². The first-order valence-corrected chi connectivity index (χ1v) is 8.72. The second-order valence-electron chi connectivity index (χ2n) is 6.21. The lowest BCUT2D eigenvalue weighted by atomic mass is 9.98. The third-order valence-corrected chi connectivity index (χ3v) is 4.91. The number of nitrogens with zero attached hydrogens (tertiary/aromatic N) is 3. The average molecular weight is 350 g/mol. The van der Waals surface area contributed by atoms with E-state index >= 15 is 0 Å². The van der Waals surface area contributed by atoms with Crippen LogP contribution in [-0.2, 0) is 17.8 Å². The summed E-state index contributed by atoms with van der Waals surface area (Å²) in [5.74, 6) is -0.319. The molecule has 0 bridgehead atoms. The van der Waals surface area contributed by atoms with Crippen LogP contribution in [0.1, 0.15) is 31.2 Å². The predicted molar refractivity (Wildman–Crippen MR) is 91.3 cm³/mol. The Morgan fingerprint density at radius 2 is 2.25 bits per heavy atom. The molecule has 1 fully saturated rings. The molecule has 128 valence electrons. The van der Waals surface area contributed by atoms with Crippen molar-refractivity contribution in [1.82, 2.24) is 14.7 Å². The maximum absolute atomic E-state index is 13.1. The Morgan fingerprint density at radius 1 is 1.38 bits per heavy atom. The standard InChI is InChI=1S/C18H21ClFN3O/c19-17-13-15(20)6-5-14(17)12-18(24)23-10-2-1-4-16(23)7-11-22-9-3-8-21-22/h3,5-6,8-9,13,16H,1-2,4,7,10-12H2/t16-/m1/s1. The molecular formula is C18H21ClFN3O. The maximum atomic E-state index is 13.1. The summed E-state index contributed by atoms with van der Waals surface area (Å²) in [5.41, 5.74) is 0.680. The Balaban J connectivity index is 1.64. The number of hydrogen-bond acceptors (Lipinski definition) is 2. The van der Waals surface area contributed by atoms with Crippen LogP contribution in [0.25, 0.3) is 0 Å². The molecule has 1 atom stereocenters. The Bertz CT molecular complexity index is 690. The van der Waals surface area contributed by atoms with E-state index in [9.17, 15) is 9.18 Å². The summed E-state index contributed by atoms with van der Waals surface area (Å²) in [6.45, 7) is 1.58. The number of benzene rings is 1. The number of carbonyl (C=O) groups is 1. The van der Waals surface area contributed by atoms with Crippen LogP contribution in [0.4, 0.5) is 4.39 Å². The van der Waals surface area contributed by atoms with Crippen molar-refractivity contribution in [3.8, 4) is 0 Å². The van der Waals surface area contributed by atoms with Crippen LogP contribution < -0.4 is 0 Å². The fourth-order valence-corrected chi connectivity index (χ4v) is 3.51. The van der Waals surface area contributed by atoms with Gasteiger partial charge in [-0.3, -0.25) is 9.48 Å². The molecule has 0 spiro atoms. The topological polar surface area (TPSA) is 38.1 Å². The monoisotopic (exact) mass is 349 g/mol. The zero-order valence-corrected chi connectivity index (χ0v) is 14.3. The second kappa shape index (κ2) is 7.79. The van der Waals surface area contributed by atoms with Crippen LogP contribution in [0.5, 0.6) is 0 Å². The van der Waals surface area contributed by atoms with Crippen LogP contribution in [0, 0.1) is 5.82 Å². The highest BCUT2D eigenvalue weighted by atomic mass is 35.5. The Hall–Kier alpha value is -1.88. The average Bonchev–Trinajstić information content (AvgIpc) is 3.09. The number of hydrogen-bond donors (Lipinski definition) is 0. The van der Waals surface area contributed by atoms with Crippen molar-refractivity contribution < 1.29 is 9.18 Å². The maximum Gasteiger partial charge on any atom is 0.227 e. The van der Waals surface area contributed by atoms with Crippen molar-refractivity contribution in [2.45, 2.75) is 44.7 Å². The van der Waals surface area contributed by atoms with Crippen molar-refractivity contribution in [1.29, 1.82) is 0 Å². The fourth-order valence-electron chi connectivity index (χ4n) is 3.27. The van der Waals surface area contributed by atoms with E-state index < -0.39 is 0 Å². The Kier molecular flexibility index (Phi) is 5.51. The van der Waals surface area contributed by atoms with Gasteiger partial charge in [-0.1, -0.05) is 17.7 Å². The molecule has 0 N–H and O–H groups in total. The molecule has 0 saturated carbocycles. The Labute approximate surface area is 146 Å². The van der Waals surface area contributed by atoms with Gasteiger partial charge in [-0.05, 0) is 49.4 Å². The van der Waals surface area contributed by atoms with Crippen LogP contribution in [0.15, 0.2) is 36.7 Å². The molecular weight excluding hydrogens is 329 g/mol. The van der Waals surface area contributed by atoms with E-state index in [4.69, 9.17) is 11.6 Å². The quantitative estimate of drug-likeness (QED) is 0.825. The van der Waals surface area contributed by atoms with Crippen molar-refractivity contribution in [3.63, 3.8) is 0 Å². The van der Waals surface area contributed by atoms with Gasteiger partial charge < -0.3 is 4.90 Å². The smallest absolute Gasteiger partial charge is 0.227 e. The first-order chi connectivity index (χ1) is 11.6. The van der Waals surface area contributed by atoms with Gasteiger partial charge in [0, 0.05) is 36.5 Å². The number of halogens is 2. The van der Waals surface area contributed by atoms with Gasteiger partial charge in [-0.2, -0.15) is 5.10 Å². The molecule has 1 aromatic carbocycles. The number of aromatic nitrogens is 2. The van der Waals surface area contributed by atoms with Gasteiger partial charge in [0.2, 0.25) is 5.91 Å². The molecule has 1 aliphatic heterocycles. The van der Waals surface area contributed by atoms with E-state index in [2.05, 4.69) is 5.10 Å². The third-order valence-electron chi connectivity index (χ3n) is 4.55. The molecule has 1 aromatic heterocycles. The van der Waals surface area contributed by atoms with E-state index in [1.807, 2.05) is 21.8 Å². The van der Waals surface area contributed by atoms with Crippen LogP contribution >= 0.6 is 11.6 Å². The van der Waals surface area contributed by atoms with Crippen molar-refractivity contribution in [2.24, 2.45) is 0 Å². The van der Waals surface area contributed by atoms with Gasteiger partial charge in [-0.25, -0.2) is 4.39 Å². The van der Waals surface area contributed by atoms with Gasteiger partial charge in [0.15, 0.2) is 0 Å². The molecule has 0 radical (unpaired) electrons. The summed E-state index contributed by atoms with van der Waals surface area (Å²) in [5, 5.41) is 4.53. The van der Waals surface area contributed by atoms with E-state index in [1.165, 1.54) is 12.1 Å². The van der Waals surface area contributed by atoms with E-state index in [0.29, 0.717) is 10.6 Å². The lowest BCUT2D eigenvalue weighted by Gasteiger charge is -2.36. The lowest BCUT2D eigenvalue weighted by molar-refractivity contribution is -0.134. The van der Waals surface area contributed by atoms with Gasteiger partial charge in [-0.15, -0.1) is 0 Å². The first-order valence-electron chi connectivity index (χ1n) is 8.34. The van der Waals surface area contributed by atoms with Crippen LogP contribution in [-0.4, -0.2) is 33.2 Å². The molecule has 2 heterocycles. The first kappa shape index (κ1) is 17.0. The molecule has 3 rings (SSSR count). The third kappa shape index (κ3) is 4.15. The normalized spacial score (nSPS) is 17.9. The SMILES string of the molecule is O=C(Cc1ccc(F)cc1Cl)N1CCCC[C@@H]1CCn1cccn1. The second-order valence-corrected chi connectivity index (χ2v) is 6.61. The molecule has 1 saturated heterocycles. The summed E-state index contributed by atoms with van der Waals surface area (Å²) >= 11 is 6.06. The number of piperidine rings is 1. The van der Waals surface area contributed by atoms with E-state index in [-0.39, 0.29) is 24.2 Å². The largest absolute Gasteiger partial charge is 0.339 e. The summed E-state index contributed by atoms with van der Waals surface area (Å²) in [4.78, 5) is 14.7. The van der Waals surface area contributed by atoms with Crippen LogP contribution in [0.2, 0.25) is 5.02 Å².